The van der Waals surface area contributed by atoms with Crippen LogP contribution in [-0.4, -0.2) is 54.2 Å². The lowest BCUT2D eigenvalue weighted by molar-refractivity contribution is -0.133. The SMILES string of the molecule is CC[C@](O)(c1cccc(OC(=O)Cc2c(C)n(C(=O)c3ccc(Cl)cc3)c3ccc(OC)cc23)c1)[C@H](C)CN(C)C. The highest BCUT2D eigenvalue weighted by molar-refractivity contribution is 6.30. The number of benzene rings is 3. The number of fused-ring (bicyclic) bond motifs is 1. The molecule has 4 aromatic rings. The fraction of sp³-hybridized carbons (Fsp3) is 0.333. The first-order chi connectivity index (χ1) is 19.5. The Morgan fingerprint density at radius 1 is 1.05 bits per heavy atom. The van der Waals surface area contributed by atoms with Gasteiger partial charge in [0.05, 0.1) is 24.6 Å². The summed E-state index contributed by atoms with van der Waals surface area (Å²) in [6.45, 7) is 6.48. The standard InChI is InChI=1S/C33H37ClN2O5/c1-7-33(39,21(2)20-35(4)5)24-9-8-10-27(17-24)41-31(37)19-28-22(3)36(30-16-15-26(40-6)18-29(28)30)32(38)23-11-13-25(34)14-12-23/h8-18,21,39H,7,19-20H2,1-6H3/t21-,33-/m1/s1. The molecule has 0 unspecified atom stereocenters. The van der Waals surface area contributed by atoms with Crippen molar-refractivity contribution in [1.29, 1.82) is 0 Å². The van der Waals surface area contributed by atoms with Gasteiger partial charge in [-0.2, -0.15) is 0 Å². The molecular formula is C33H37ClN2O5. The van der Waals surface area contributed by atoms with Gasteiger partial charge in [-0.05, 0) is 93.2 Å². The molecule has 216 valence electrons. The Bertz CT molecular complexity index is 1560. The van der Waals surface area contributed by atoms with Gasteiger partial charge in [-0.1, -0.05) is 37.6 Å². The molecule has 0 saturated carbocycles. The molecule has 0 fully saturated rings. The van der Waals surface area contributed by atoms with Crippen molar-refractivity contribution in [1.82, 2.24) is 9.47 Å². The van der Waals surface area contributed by atoms with Gasteiger partial charge in [0.15, 0.2) is 0 Å². The molecule has 0 aliphatic carbocycles. The van der Waals surface area contributed by atoms with E-state index in [-0.39, 0.29) is 18.2 Å². The third-order valence-corrected chi connectivity index (χ3v) is 7.97. The summed E-state index contributed by atoms with van der Waals surface area (Å²) < 4.78 is 12.8. The number of halogens is 1. The van der Waals surface area contributed by atoms with E-state index in [9.17, 15) is 14.7 Å². The van der Waals surface area contributed by atoms with Crippen LogP contribution in [0.4, 0.5) is 0 Å². The lowest BCUT2D eigenvalue weighted by atomic mass is 9.80. The molecule has 1 N–H and O–H groups in total. The van der Waals surface area contributed by atoms with Crippen molar-refractivity contribution in [3.05, 3.63) is 94.1 Å². The lowest BCUT2D eigenvalue weighted by Crippen LogP contribution is -2.38. The number of hydrogen-bond donors (Lipinski definition) is 1. The number of carbonyl (C=O) groups excluding carboxylic acids is 2. The molecule has 0 bridgehead atoms. The minimum Gasteiger partial charge on any atom is -0.497 e. The van der Waals surface area contributed by atoms with Crippen LogP contribution in [0, 0.1) is 12.8 Å². The van der Waals surface area contributed by atoms with E-state index in [4.69, 9.17) is 21.1 Å². The average molecular weight is 577 g/mol. The smallest absolute Gasteiger partial charge is 0.315 e. The Labute approximate surface area is 246 Å². The van der Waals surface area contributed by atoms with E-state index in [1.807, 2.05) is 58.0 Å². The summed E-state index contributed by atoms with van der Waals surface area (Å²) in [5.74, 6) is 0.212. The Hall–Kier alpha value is -3.65. The first kappa shape index (κ1) is 30.3. The molecular weight excluding hydrogens is 540 g/mol. The van der Waals surface area contributed by atoms with Crippen molar-refractivity contribution in [2.24, 2.45) is 5.92 Å². The summed E-state index contributed by atoms with van der Waals surface area (Å²) in [7, 11) is 5.52. The monoisotopic (exact) mass is 576 g/mol. The van der Waals surface area contributed by atoms with Gasteiger partial charge in [0, 0.05) is 34.1 Å². The van der Waals surface area contributed by atoms with Crippen LogP contribution < -0.4 is 9.47 Å². The van der Waals surface area contributed by atoms with Crippen LogP contribution in [0.15, 0.2) is 66.7 Å². The largest absolute Gasteiger partial charge is 0.497 e. The van der Waals surface area contributed by atoms with Gasteiger partial charge in [0.25, 0.3) is 5.91 Å². The number of aliphatic hydroxyl groups is 1. The van der Waals surface area contributed by atoms with E-state index >= 15 is 0 Å². The lowest BCUT2D eigenvalue weighted by Gasteiger charge is -2.35. The number of esters is 1. The molecule has 0 amide bonds. The number of nitrogens with zero attached hydrogens (tertiary/aromatic N) is 2. The molecule has 0 aliphatic heterocycles. The third kappa shape index (κ3) is 6.32. The Morgan fingerprint density at radius 3 is 2.39 bits per heavy atom. The minimum atomic E-state index is -1.07. The minimum absolute atomic E-state index is 0.0459. The number of hydrogen-bond acceptors (Lipinski definition) is 6. The van der Waals surface area contributed by atoms with E-state index in [0.29, 0.717) is 57.4 Å². The van der Waals surface area contributed by atoms with Crippen molar-refractivity contribution >= 4 is 34.4 Å². The maximum Gasteiger partial charge on any atom is 0.315 e. The highest BCUT2D eigenvalue weighted by Crippen LogP contribution is 2.36. The molecule has 0 spiro atoms. The summed E-state index contributed by atoms with van der Waals surface area (Å²) >= 11 is 6.03. The quantitative estimate of drug-likeness (QED) is 0.178. The Kier molecular flexibility index (Phi) is 9.22. The predicted molar refractivity (Wildman–Crippen MR) is 162 cm³/mol. The number of rotatable bonds is 10. The molecule has 41 heavy (non-hydrogen) atoms. The van der Waals surface area contributed by atoms with Crippen molar-refractivity contribution < 1.29 is 24.2 Å². The van der Waals surface area contributed by atoms with E-state index in [0.717, 1.165) is 5.39 Å². The van der Waals surface area contributed by atoms with Crippen LogP contribution in [0.5, 0.6) is 11.5 Å². The first-order valence-corrected chi connectivity index (χ1v) is 14.0. The van der Waals surface area contributed by atoms with Crippen molar-refractivity contribution in [2.45, 2.75) is 39.2 Å². The predicted octanol–water partition coefficient (Wildman–Crippen LogP) is 6.24. The van der Waals surface area contributed by atoms with E-state index in [1.54, 1.807) is 60.2 Å². The fourth-order valence-corrected chi connectivity index (χ4v) is 5.60. The van der Waals surface area contributed by atoms with E-state index in [1.165, 1.54) is 0 Å². The number of methoxy groups -OCH3 is 1. The molecule has 0 radical (unpaired) electrons. The van der Waals surface area contributed by atoms with Gasteiger partial charge in [-0.25, -0.2) is 0 Å². The molecule has 1 heterocycles. The molecule has 4 rings (SSSR count). The normalized spacial score (nSPS) is 13.7. The summed E-state index contributed by atoms with van der Waals surface area (Å²) in [4.78, 5) is 28.9. The zero-order valence-electron chi connectivity index (χ0n) is 24.4. The van der Waals surface area contributed by atoms with Gasteiger partial charge in [-0.3, -0.25) is 14.2 Å². The molecule has 1 aromatic heterocycles. The number of ether oxygens (including phenoxy) is 2. The fourth-order valence-electron chi connectivity index (χ4n) is 5.47. The van der Waals surface area contributed by atoms with Crippen LogP contribution in [0.1, 0.15) is 47.4 Å². The number of aromatic nitrogens is 1. The van der Waals surface area contributed by atoms with Crippen LogP contribution >= 0.6 is 11.6 Å². The van der Waals surface area contributed by atoms with Crippen molar-refractivity contribution in [3.8, 4) is 11.5 Å². The highest BCUT2D eigenvalue weighted by atomic mass is 35.5. The second kappa shape index (κ2) is 12.5. The van der Waals surface area contributed by atoms with E-state index < -0.39 is 11.6 Å². The zero-order chi connectivity index (χ0) is 29.9. The molecule has 3 aromatic carbocycles. The molecule has 8 heteroatoms. The van der Waals surface area contributed by atoms with Gasteiger partial charge in [0.2, 0.25) is 0 Å². The van der Waals surface area contributed by atoms with E-state index in [2.05, 4.69) is 0 Å². The van der Waals surface area contributed by atoms with Crippen molar-refractivity contribution in [2.75, 3.05) is 27.7 Å². The van der Waals surface area contributed by atoms with Gasteiger partial charge < -0.3 is 19.5 Å². The summed E-state index contributed by atoms with van der Waals surface area (Å²) in [5.41, 5.74) is 2.07. The average Bonchev–Trinajstić information content (AvgIpc) is 3.22. The number of carbonyl (C=O) groups is 2. The second-order valence-corrected chi connectivity index (χ2v) is 11.2. The van der Waals surface area contributed by atoms with Crippen LogP contribution in [0.3, 0.4) is 0 Å². The topological polar surface area (TPSA) is 81.0 Å². The van der Waals surface area contributed by atoms with Crippen LogP contribution in [-0.2, 0) is 16.8 Å². The van der Waals surface area contributed by atoms with Crippen molar-refractivity contribution in [3.63, 3.8) is 0 Å². The van der Waals surface area contributed by atoms with Crippen LogP contribution in [0.25, 0.3) is 10.9 Å². The summed E-state index contributed by atoms with van der Waals surface area (Å²) in [5, 5.41) is 12.8. The van der Waals surface area contributed by atoms with Gasteiger partial charge in [0.1, 0.15) is 11.5 Å². The highest BCUT2D eigenvalue weighted by Gasteiger charge is 2.34. The molecule has 0 saturated heterocycles. The summed E-state index contributed by atoms with van der Waals surface area (Å²) in [6.07, 6.45) is 0.456. The van der Waals surface area contributed by atoms with Crippen LogP contribution in [0.2, 0.25) is 5.02 Å². The maximum atomic E-state index is 13.6. The zero-order valence-corrected chi connectivity index (χ0v) is 25.2. The molecule has 0 aliphatic rings. The maximum absolute atomic E-state index is 13.6. The van der Waals surface area contributed by atoms with Gasteiger partial charge in [-0.15, -0.1) is 0 Å². The Morgan fingerprint density at radius 2 is 1.76 bits per heavy atom. The third-order valence-electron chi connectivity index (χ3n) is 7.72. The second-order valence-electron chi connectivity index (χ2n) is 10.7. The molecule has 7 nitrogen and oxygen atoms in total. The van der Waals surface area contributed by atoms with Gasteiger partial charge >= 0.3 is 5.97 Å². The Balaban J connectivity index is 1.66. The molecule has 2 atom stereocenters. The first-order valence-electron chi connectivity index (χ1n) is 13.6. The summed E-state index contributed by atoms with van der Waals surface area (Å²) in [6, 6.07) is 19.2.